The molecule has 2 heterocycles. The van der Waals surface area contributed by atoms with Gasteiger partial charge in [-0.2, -0.15) is 0 Å². The molecule has 0 aliphatic carbocycles. The van der Waals surface area contributed by atoms with Gasteiger partial charge in [0.2, 0.25) is 0 Å². The van der Waals surface area contributed by atoms with Crippen LogP contribution in [0.15, 0.2) is 60.4 Å². The monoisotopic (exact) mass is 462 g/mol. The van der Waals surface area contributed by atoms with Gasteiger partial charge < -0.3 is 9.84 Å². The normalized spacial score (nSPS) is 17.5. The molecule has 1 unspecified atom stereocenters. The Morgan fingerprint density at radius 1 is 1.03 bits per heavy atom. The van der Waals surface area contributed by atoms with Crippen LogP contribution in [0.2, 0.25) is 5.02 Å². The van der Waals surface area contributed by atoms with E-state index in [4.69, 9.17) is 16.3 Å². The van der Waals surface area contributed by atoms with Crippen LogP contribution in [0.25, 0.3) is 5.76 Å². The van der Waals surface area contributed by atoms with Gasteiger partial charge in [0.15, 0.2) is 0 Å². The topological polar surface area (TPSA) is 79.7 Å². The highest BCUT2D eigenvalue weighted by Gasteiger charge is 2.47. The zero-order valence-electron chi connectivity index (χ0n) is 18.7. The number of pyridine rings is 1. The maximum absolute atomic E-state index is 13.3. The molecular weight excluding hydrogens is 440 g/mol. The Hall–Kier alpha value is -3.64. The van der Waals surface area contributed by atoms with Crippen molar-refractivity contribution in [1.82, 2.24) is 4.98 Å². The number of aromatic nitrogens is 1. The Bertz CT molecular complexity index is 1300. The van der Waals surface area contributed by atoms with Crippen LogP contribution in [-0.2, 0) is 9.59 Å². The largest absolute Gasteiger partial charge is 0.507 e. The molecular formula is C26H23ClN2O4. The Kier molecular flexibility index (Phi) is 5.95. The lowest BCUT2D eigenvalue weighted by molar-refractivity contribution is -0.132. The van der Waals surface area contributed by atoms with Crippen LogP contribution in [0.3, 0.4) is 0 Å². The fourth-order valence-corrected chi connectivity index (χ4v) is 4.44. The molecule has 4 rings (SSSR count). The first-order chi connectivity index (χ1) is 15.7. The average Bonchev–Trinajstić information content (AvgIpc) is 3.06. The fourth-order valence-electron chi connectivity index (χ4n) is 4.09. The highest BCUT2D eigenvalue weighted by Crippen LogP contribution is 2.44. The molecule has 1 aliphatic rings. The van der Waals surface area contributed by atoms with E-state index in [1.165, 1.54) is 12.0 Å². The van der Waals surface area contributed by atoms with Gasteiger partial charge in [-0.15, -0.1) is 0 Å². The van der Waals surface area contributed by atoms with Crippen molar-refractivity contribution in [3.63, 3.8) is 0 Å². The number of methoxy groups -OCH3 is 1. The predicted molar refractivity (Wildman–Crippen MR) is 128 cm³/mol. The number of anilines is 1. The van der Waals surface area contributed by atoms with Gasteiger partial charge in [-0.3, -0.25) is 19.5 Å². The second-order valence-corrected chi connectivity index (χ2v) is 8.45. The van der Waals surface area contributed by atoms with Crippen molar-refractivity contribution in [3.8, 4) is 5.75 Å². The first-order valence-corrected chi connectivity index (χ1v) is 10.7. The molecule has 0 bridgehead atoms. The van der Waals surface area contributed by atoms with E-state index < -0.39 is 17.7 Å². The molecule has 1 aromatic heterocycles. The van der Waals surface area contributed by atoms with Gasteiger partial charge in [-0.25, -0.2) is 0 Å². The molecule has 2 aromatic carbocycles. The standard InChI is InChI=1S/C26H23ClN2O4/c1-14-11-19(25(33-4)20(27)12-14)23(30)21-22(17-7-9-28-10-8-17)29(26(32)24(21)31)18-6-5-15(2)16(3)13-18/h5-13,22,30H,1-4H3/b23-21+. The lowest BCUT2D eigenvalue weighted by Gasteiger charge is -2.26. The summed E-state index contributed by atoms with van der Waals surface area (Å²) in [7, 11) is 1.43. The summed E-state index contributed by atoms with van der Waals surface area (Å²) < 4.78 is 5.41. The van der Waals surface area contributed by atoms with Gasteiger partial charge in [0, 0.05) is 18.1 Å². The molecule has 1 N–H and O–H groups in total. The van der Waals surface area contributed by atoms with Gasteiger partial charge in [0.25, 0.3) is 11.7 Å². The summed E-state index contributed by atoms with van der Waals surface area (Å²) in [6.07, 6.45) is 3.17. The fraction of sp³-hybridized carbons (Fsp3) is 0.192. The van der Waals surface area contributed by atoms with Gasteiger partial charge in [0.1, 0.15) is 11.5 Å². The predicted octanol–water partition coefficient (Wildman–Crippen LogP) is 5.30. The molecule has 168 valence electrons. The number of halogens is 1. The van der Waals surface area contributed by atoms with Crippen molar-refractivity contribution >= 4 is 34.7 Å². The van der Waals surface area contributed by atoms with E-state index in [0.29, 0.717) is 16.3 Å². The van der Waals surface area contributed by atoms with Gasteiger partial charge >= 0.3 is 0 Å². The van der Waals surface area contributed by atoms with Crippen molar-refractivity contribution in [3.05, 3.63) is 93.3 Å². The number of ketones is 1. The number of aliphatic hydroxyl groups is 1. The summed E-state index contributed by atoms with van der Waals surface area (Å²) in [5.41, 5.74) is 4.23. The Morgan fingerprint density at radius 2 is 1.73 bits per heavy atom. The van der Waals surface area contributed by atoms with E-state index in [0.717, 1.165) is 16.7 Å². The molecule has 1 saturated heterocycles. The van der Waals surface area contributed by atoms with E-state index in [-0.39, 0.29) is 22.6 Å². The third kappa shape index (κ3) is 3.87. The molecule has 1 fully saturated rings. The van der Waals surface area contributed by atoms with E-state index in [1.807, 2.05) is 32.9 Å². The van der Waals surface area contributed by atoms with Crippen LogP contribution >= 0.6 is 11.6 Å². The minimum atomic E-state index is -0.848. The number of hydrogen-bond donors (Lipinski definition) is 1. The summed E-state index contributed by atoms with van der Waals surface area (Å²) in [6.45, 7) is 5.73. The number of aryl methyl sites for hydroxylation is 3. The van der Waals surface area contributed by atoms with Crippen LogP contribution < -0.4 is 9.64 Å². The minimum absolute atomic E-state index is 0.0376. The summed E-state index contributed by atoms with van der Waals surface area (Å²) in [4.78, 5) is 32.1. The number of nitrogens with zero attached hydrogens (tertiary/aromatic N) is 2. The van der Waals surface area contributed by atoms with Crippen LogP contribution in [0, 0.1) is 20.8 Å². The van der Waals surface area contributed by atoms with E-state index >= 15 is 0 Å². The van der Waals surface area contributed by atoms with Gasteiger partial charge in [-0.1, -0.05) is 17.7 Å². The van der Waals surface area contributed by atoms with E-state index in [9.17, 15) is 14.7 Å². The second kappa shape index (κ2) is 8.71. The van der Waals surface area contributed by atoms with Crippen LogP contribution in [-0.4, -0.2) is 28.9 Å². The number of benzene rings is 2. The van der Waals surface area contributed by atoms with Gasteiger partial charge in [0.05, 0.1) is 29.3 Å². The van der Waals surface area contributed by atoms with Crippen molar-refractivity contribution in [2.45, 2.75) is 26.8 Å². The summed E-state index contributed by atoms with van der Waals surface area (Å²) in [5, 5.41) is 11.7. The molecule has 0 spiro atoms. The Morgan fingerprint density at radius 3 is 2.36 bits per heavy atom. The molecule has 0 saturated carbocycles. The highest BCUT2D eigenvalue weighted by atomic mass is 35.5. The van der Waals surface area contributed by atoms with Crippen LogP contribution in [0.1, 0.15) is 33.9 Å². The molecule has 3 aromatic rings. The van der Waals surface area contributed by atoms with Crippen LogP contribution in [0.5, 0.6) is 5.75 Å². The summed E-state index contributed by atoms with van der Waals surface area (Å²) in [6, 6.07) is 11.5. The smallest absolute Gasteiger partial charge is 0.300 e. The number of carbonyl (C=O) groups excluding carboxylic acids is 2. The Labute approximate surface area is 197 Å². The average molecular weight is 463 g/mol. The number of Topliss-reactive ketones (excluding diaryl/α,β-unsaturated/α-hetero) is 1. The second-order valence-electron chi connectivity index (χ2n) is 8.05. The number of hydrogen-bond acceptors (Lipinski definition) is 5. The molecule has 6 nitrogen and oxygen atoms in total. The molecule has 0 radical (unpaired) electrons. The summed E-state index contributed by atoms with van der Waals surface area (Å²) in [5.74, 6) is -1.62. The SMILES string of the molecule is COc1c(Cl)cc(C)cc1/C(O)=C1\C(=O)C(=O)N(c2ccc(C)c(C)c2)C1c1ccncc1. The number of aliphatic hydroxyl groups excluding tert-OH is 1. The van der Waals surface area contributed by atoms with E-state index in [1.54, 1.807) is 42.7 Å². The zero-order chi connectivity index (χ0) is 23.9. The first-order valence-electron chi connectivity index (χ1n) is 10.4. The maximum atomic E-state index is 13.3. The lowest BCUT2D eigenvalue weighted by Crippen LogP contribution is -2.29. The number of rotatable bonds is 4. The zero-order valence-corrected chi connectivity index (χ0v) is 19.5. The van der Waals surface area contributed by atoms with Crippen LogP contribution in [0.4, 0.5) is 5.69 Å². The third-order valence-electron chi connectivity index (χ3n) is 5.88. The lowest BCUT2D eigenvalue weighted by atomic mass is 9.94. The van der Waals surface area contributed by atoms with Crippen molar-refractivity contribution < 1.29 is 19.4 Å². The Balaban J connectivity index is 2.00. The molecule has 1 aliphatic heterocycles. The van der Waals surface area contributed by atoms with Crippen molar-refractivity contribution in [1.29, 1.82) is 0 Å². The molecule has 1 amide bonds. The molecule has 1 atom stereocenters. The van der Waals surface area contributed by atoms with Gasteiger partial charge in [-0.05, 0) is 79.4 Å². The molecule has 33 heavy (non-hydrogen) atoms. The highest BCUT2D eigenvalue weighted by molar-refractivity contribution is 6.51. The number of ether oxygens (including phenoxy) is 1. The quantitative estimate of drug-likeness (QED) is 0.323. The molecule has 7 heteroatoms. The van der Waals surface area contributed by atoms with Crippen molar-refractivity contribution in [2.24, 2.45) is 0 Å². The summed E-state index contributed by atoms with van der Waals surface area (Å²) >= 11 is 6.33. The third-order valence-corrected chi connectivity index (χ3v) is 6.16. The van der Waals surface area contributed by atoms with Crippen molar-refractivity contribution in [2.75, 3.05) is 12.0 Å². The minimum Gasteiger partial charge on any atom is -0.507 e. The maximum Gasteiger partial charge on any atom is 0.300 e. The number of amides is 1. The van der Waals surface area contributed by atoms with E-state index in [2.05, 4.69) is 4.98 Å². The number of carbonyl (C=O) groups is 2. The first kappa shape index (κ1) is 22.6.